The van der Waals surface area contributed by atoms with Crippen LogP contribution in [0.4, 0.5) is 0 Å². The molecule has 0 bridgehead atoms. The summed E-state index contributed by atoms with van der Waals surface area (Å²) in [7, 11) is 2.16. The van der Waals surface area contributed by atoms with Crippen LogP contribution in [0.1, 0.15) is 47.0 Å². The van der Waals surface area contributed by atoms with Crippen molar-refractivity contribution in [3.05, 3.63) is 0 Å². The van der Waals surface area contributed by atoms with Crippen LogP contribution in [0.2, 0.25) is 0 Å². The number of amides is 1. The molecule has 1 atom stereocenters. The van der Waals surface area contributed by atoms with Crippen LogP contribution in [-0.2, 0) is 4.79 Å². The first-order valence-corrected chi connectivity index (χ1v) is 7.65. The van der Waals surface area contributed by atoms with Crippen LogP contribution in [0.15, 0.2) is 0 Å². The Morgan fingerprint density at radius 3 is 2.58 bits per heavy atom. The molecule has 1 amide bonds. The maximum atomic E-state index is 11.9. The van der Waals surface area contributed by atoms with E-state index in [1.54, 1.807) is 0 Å². The van der Waals surface area contributed by atoms with Gasteiger partial charge in [-0.1, -0.05) is 13.8 Å². The van der Waals surface area contributed by atoms with Gasteiger partial charge in [-0.25, -0.2) is 0 Å². The van der Waals surface area contributed by atoms with E-state index < -0.39 is 0 Å². The van der Waals surface area contributed by atoms with Crippen molar-refractivity contribution in [1.82, 2.24) is 15.1 Å². The number of hydrogen-bond acceptors (Lipinski definition) is 3. The molecule has 1 aliphatic rings. The normalized spacial score (nSPS) is 20.3. The summed E-state index contributed by atoms with van der Waals surface area (Å²) in [6.45, 7) is 11.4. The SMILES string of the molecule is CC(C)CC1NCC(=O)N1CCCCN(C)C(C)C. The molecule has 1 heterocycles. The smallest absolute Gasteiger partial charge is 0.237 e. The highest BCUT2D eigenvalue weighted by Crippen LogP contribution is 2.15. The molecule has 112 valence electrons. The lowest BCUT2D eigenvalue weighted by atomic mass is 10.1. The van der Waals surface area contributed by atoms with Crippen LogP contribution in [0.25, 0.3) is 0 Å². The van der Waals surface area contributed by atoms with Gasteiger partial charge >= 0.3 is 0 Å². The number of hydrogen-bond donors (Lipinski definition) is 1. The van der Waals surface area contributed by atoms with Gasteiger partial charge in [0.05, 0.1) is 12.7 Å². The summed E-state index contributed by atoms with van der Waals surface area (Å²) in [4.78, 5) is 16.2. The number of carbonyl (C=O) groups is 1. The molecule has 1 N–H and O–H groups in total. The Hall–Kier alpha value is -0.610. The molecule has 0 aromatic heterocycles. The predicted octanol–water partition coefficient (Wildman–Crippen LogP) is 1.91. The van der Waals surface area contributed by atoms with Crippen molar-refractivity contribution in [1.29, 1.82) is 0 Å². The summed E-state index contributed by atoms with van der Waals surface area (Å²) in [5.74, 6) is 0.890. The number of nitrogens with one attached hydrogen (secondary N) is 1. The summed E-state index contributed by atoms with van der Waals surface area (Å²) in [6.07, 6.45) is 3.57. The molecule has 19 heavy (non-hydrogen) atoms. The first kappa shape index (κ1) is 16.4. The van der Waals surface area contributed by atoms with Crippen LogP contribution < -0.4 is 5.32 Å². The Morgan fingerprint density at radius 1 is 1.32 bits per heavy atom. The van der Waals surface area contributed by atoms with Crippen molar-refractivity contribution in [2.24, 2.45) is 5.92 Å². The van der Waals surface area contributed by atoms with E-state index in [-0.39, 0.29) is 12.1 Å². The lowest BCUT2D eigenvalue weighted by molar-refractivity contribution is -0.128. The maximum absolute atomic E-state index is 11.9. The third-order valence-corrected chi connectivity index (χ3v) is 3.92. The summed E-state index contributed by atoms with van der Waals surface area (Å²) in [5.41, 5.74) is 0. The minimum absolute atomic E-state index is 0.260. The Bertz CT molecular complexity index is 279. The van der Waals surface area contributed by atoms with Gasteiger partial charge in [0.25, 0.3) is 0 Å². The molecular formula is C15H31N3O. The molecular weight excluding hydrogens is 238 g/mol. The van der Waals surface area contributed by atoms with Gasteiger partial charge in [0.1, 0.15) is 0 Å². The van der Waals surface area contributed by atoms with E-state index in [1.807, 2.05) is 4.90 Å². The minimum atomic E-state index is 0.260. The molecule has 1 aliphatic heterocycles. The van der Waals surface area contributed by atoms with Crippen LogP contribution in [0.3, 0.4) is 0 Å². The molecule has 1 fully saturated rings. The van der Waals surface area contributed by atoms with E-state index in [0.717, 1.165) is 32.4 Å². The van der Waals surface area contributed by atoms with Crippen molar-refractivity contribution < 1.29 is 4.79 Å². The fourth-order valence-electron chi connectivity index (χ4n) is 2.43. The third-order valence-electron chi connectivity index (χ3n) is 3.92. The number of nitrogens with zero attached hydrogens (tertiary/aromatic N) is 2. The molecule has 4 heteroatoms. The average Bonchev–Trinajstić information content (AvgIpc) is 2.65. The van der Waals surface area contributed by atoms with E-state index >= 15 is 0 Å². The quantitative estimate of drug-likeness (QED) is 0.684. The van der Waals surface area contributed by atoms with E-state index in [2.05, 4.69) is 45.0 Å². The van der Waals surface area contributed by atoms with Gasteiger partial charge in [-0.2, -0.15) is 0 Å². The van der Waals surface area contributed by atoms with Gasteiger partial charge in [0.15, 0.2) is 0 Å². The highest BCUT2D eigenvalue weighted by Gasteiger charge is 2.29. The molecule has 0 saturated carbocycles. The molecule has 0 aliphatic carbocycles. The molecule has 0 aromatic rings. The average molecular weight is 269 g/mol. The van der Waals surface area contributed by atoms with Gasteiger partial charge in [0, 0.05) is 12.6 Å². The molecule has 0 radical (unpaired) electrons. The third kappa shape index (κ3) is 5.49. The Balaban J connectivity index is 2.28. The summed E-state index contributed by atoms with van der Waals surface area (Å²) < 4.78 is 0. The monoisotopic (exact) mass is 269 g/mol. The second-order valence-electron chi connectivity index (χ2n) is 6.39. The number of unbranched alkanes of at least 4 members (excludes halogenated alkanes) is 1. The van der Waals surface area contributed by atoms with Crippen molar-refractivity contribution >= 4 is 5.91 Å². The highest BCUT2D eigenvalue weighted by atomic mass is 16.2. The van der Waals surface area contributed by atoms with Crippen LogP contribution in [0, 0.1) is 5.92 Å². The largest absolute Gasteiger partial charge is 0.326 e. The molecule has 0 aromatic carbocycles. The summed E-state index contributed by atoms with van der Waals surface area (Å²) >= 11 is 0. The van der Waals surface area contributed by atoms with Gasteiger partial charge in [-0.15, -0.1) is 0 Å². The van der Waals surface area contributed by atoms with Gasteiger partial charge in [0.2, 0.25) is 5.91 Å². The van der Waals surface area contributed by atoms with Crippen LogP contribution >= 0.6 is 0 Å². The topological polar surface area (TPSA) is 35.6 Å². The lowest BCUT2D eigenvalue weighted by Crippen LogP contribution is -2.39. The summed E-state index contributed by atoms with van der Waals surface area (Å²) in [5, 5.41) is 3.32. The Kier molecular flexibility index (Phi) is 6.80. The van der Waals surface area contributed by atoms with Gasteiger partial charge in [-0.05, 0) is 52.6 Å². The molecule has 1 rings (SSSR count). The van der Waals surface area contributed by atoms with Crippen molar-refractivity contribution in [2.75, 3.05) is 26.7 Å². The number of rotatable bonds is 8. The number of carbonyl (C=O) groups excluding carboxylic acids is 1. The van der Waals surface area contributed by atoms with Crippen molar-refractivity contribution in [3.8, 4) is 0 Å². The van der Waals surface area contributed by atoms with Crippen LogP contribution in [-0.4, -0.2) is 54.6 Å². The first-order valence-electron chi connectivity index (χ1n) is 7.65. The lowest BCUT2D eigenvalue weighted by Gasteiger charge is -2.26. The first-order chi connectivity index (χ1) is 8.91. The van der Waals surface area contributed by atoms with Crippen molar-refractivity contribution in [3.63, 3.8) is 0 Å². The molecule has 1 saturated heterocycles. The standard InChI is InChI=1S/C15H31N3O/c1-12(2)10-14-16-11-15(19)18(14)9-7-6-8-17(5)13(3)4/h12-14,16H,6-11H2,1-5H3. The van der Waals surface area contributed by atoms with Gasteiger partial charge in [-0.3, -0.25) is 10.1 Å². The van der Waals surface area contributed by atoms with Gasteiger partial charge < -0.3 is 9.80 Å². The fraction of sp³-hybridized carbons (Fsp3) is 0.933. The van der Waals surface area contributed by atoms with E-state index in [1.165, 1.54) is 0 Å². The zero-order valence-electron chi connectivity index (χ0n) is 13.3. The van der Waals surface area contributed by atoms with E-state index in [4.69, 9.17) is 0 Å². The Labute approximate surface area is 118 Å². The molecule has 4 nitrogen and oxygen atoms in total. The highest BCUT2D eigenvalue weighted by molar-refractivity contribution is 5.80. The molecule has 0 spiro atoms. The second kappa shape index (κ2) is 7.85. The van der Waals surface area contributed by atoms with E-state index in [0.29, 0.717) is 18.5 Å². The minimum Gasteiger partial charge on any atom is -0.326 e. The maximum Gasteiger partial charge on any atom is 0.237 e. The van der Waals surface area contributed by atoms with Crippen LogP contribution in [0.5, 0.6) is 0 Å². The molecule has 1 unspecified atom stereocenters. The second-order valence-corrected chi connectivity index (χ2v) is 6.39. The van der Waals surface area contributed by atoms with Crippen molar-refractivity contribution in [2.45, 2.75) is 59.2 Å². The zero-order valence-corrected chi connectivity index (χ0v) is 13.3. The van der Waals surface area contributed by atoms with E-state index in [9.17, 15) is 4.79 Å². The zero-order chi connectivity index (χ0) is 14.4. The predicted molar refractivity (Wildman–Crippen MR) is 80.0 cm³/mol. The fourth-order valence-corrected chi connectivity index (χ4v) is 2.43. The summed E-state index contributed by atoms with van der Waals surface area (Å²) in [6, 6.07) is 0.601. The Morgan fingerprint density at radius 2 is 2.00 bits per heavy atom.